The topological polar surface area (TPSA) is 111 Å². The molecule has 12 heteroatoms. The summed E-state index contributed by atoms with van der Waals surface area (Å²) in [6.07, 6.45) is 1.25. The third kappa shape index (κ3) is 6.08. The van der Waals surface area contributed by atoms with Gasteiger partial charge in [0.15, 0.2) is 5.82 Å². The number of rotatable bonds is 6. The molecule has 0 unspecified atom stereocenters. The van der Waals surface area contributed by atoms with Crippen LogP contribution in [0.3, 0.4) is 0 Å². The Morgan fingerprint density at radius 3 is 2.14 bits per heavy atom. The molecular formula is C31H39N9O3. The number of nitrogens with zero attached hydrogens (tertiary/aromatic N) is 7. The molecule has 3 atom stereocenters. The zero-order chi connectivity index (χ0) is 29.3. The molecule has 1 aromatic heterocycles. The number of nitrogens with one attached hydrogen (secondary N) is 2. The van der Waals surface area contributed by atoms with Crippen LogP contribution < -0.4 is 25.3 Å². The van der Waals surface area contributed by atoms with Crippen molar-refractivity contribution in [2.24, 2.45) is 0 Å². The predicted octanol–water partition coefficient (Wildman–Crippen LogP) is 3.14. The fourth-order valence-electron chi connectivity index (χ4n) is 6.23. The van der Waals surface area contributed by atoms with Gasteiger partial charge >= 0.3 is 6.03 Å². The molecule has 0 aliphatic carbocycles. The van der Waals surface area contributed by atoms with E-state index >= 15 is 0 Å². The summed E-state index contributed by atoms with van der Waals surface area (Å²) >= 11 is 0. The lowest BCUT2D eigenvalue weighted by atomic mass is 10.2. The largest absolute Gasteiger partial charge is 0.377 e. The number of amides is 2. The molecular weight excluding hydrogens is 546 g/mol. The molecule has 4 aliphatic rings. The van der Waals surface area contributed by atoms with E-state index in [1.54, 1.807) is 0 Å². The van der Waals surface area contributed by atoms with Crippen LogP contribution in [0.1, 0.15) is 13.3 Å². The number of carbonyl (C=O) groups excluding carboxylic acids is 1. The van der Waals surface area contributed by atoms with Crippen LogP contribution in [0.5, 0.6) is 0 Å². The van der Waals surface area contributed by atoms with Gasteiger partial charge < -0.3 is 39.7 Å². The first-order valence-electron chi connectivity index (χ1n) is 15.2. The number of anilines is 5. The summed E-state index contributed by atoms with van der Waals surface area (Å²) in [6, 6.07) is 15.8. The van der Waals surface area contributed by atoms with Gasteiger partial charge in [0.2, 0.25) is 11.9 Å². The lowest BCUT2D eigenvalue weighted by Crippen LogP contribution is -2.45. The van der Waals surface area contributed by atoms with Gasteiger partial charge in [-0.15, -0.1) is 0 Å². The molecule has 0 spiro atoms. The van der Waals surface area contributed by atoms with Crippen LogP contribution in [-0.4, -0.2) is 110 Å². The number of hydrogen-bond donors (Lipinski definition) is 2. The highest BCUT2D eigenvalue weighted by molar-refractivity contribution is 5.99. The van der Waals surface area contributed by atoms with Crippen molar-refractivity contribution in [2.75, 3.05) is 91.5 Å². The monoisotopic (exact) mass is 585 g/mol. The fourth-order valence-corrected chi connectivity index (χ4v) is 6.23. The molecule has 3 aromatic rings. The molecule has 2 amide bonds. The maximum atomic E-state index is 12.8. The van der Waals surface area contributed by atoms with E-state index < -0.39 is 0 Å². The second kappa shape index (κ2) is 11.9. The van der Waals surface area contributed by atoms with Crippen molar-refractivity contribution >= 4 is 35.0 Å². The summed E-state index contributed by atoms with van der Waals surface area (Å²) in [5.74, 6) is 1.97. The molecule has 12 nitrogen and oxygen atoms in total. The SMILES string of the molecule is C[C@@H]1COCCN1c1nc(-c2ccc(NC(=O)Nc3ccc(N4CCN(C)CC4)cc3)cc2)nc(N2C[C@@H]3C[C@H]2CO3)n1. The quantitative estimate of drug-likeness (QED) is 0.448. The summed E-state index contributed by atoms with van der Waals surface area (Å²) in [5, 5.41) is 5.86. The van der Waals surface area contributed by atoms with Crippen LogP contribution >= 0.6 is 0 Å². The zero-order valence-corrected chi connectivity index (χ0v) is 24.8. The average molecular weight is 586 g/mol. The number of likely N-dealkylation sites (N-methyl/N-ethyl adjacent to an activating group) is 1. The van der Waals surface area contributed by atoms with Crippen LogP contribution in [0.4, 0.5) is 33.8 Å². The molecule has 4 saturated heterocycles. The number of ether oxygens (including phenoxy) is 2. The Kier molecular flexibility index (Phi) is 7.72. The van der Waals surface area contributed by atoms with Gasteiger partial charge in [-0.05, 0) is 68.9 Å². The third-order valence-electron chi connectivity index (χ3n) is 8.79. The van der Waals surface area contributed by atoms with E-state index in [9.17, 15) is 4.79 Å². The van der Waals surface area contributed by atoms with Gasteiger partial charge in [-0.1, -0.05) is 0 Å². The van der Waals surface area contributed by atoms with E-state index in [4.69, 9.17) is 24.4 Å². The first-order chi connectivity index (χ1) is 21.0. The summed E-state index contributed by atoms with van der Waals surface area (Å²) in [5.41, 5.74) is 3.46. The van der Waals surface area contributed by atoms with Crippen LogP contribution in [0, 0.1) is 0 Å². The Labute approximate surface area is 252 Å². The number of carbonyl (C=O) groups is 1. The van der Waals surface area contributed by atoms with Gasteiger partial charge in [0.25, 0.3) is 0 Å². The summed E-state index contributed by atoms with van der Waals surface area (Å²) < 4.78 is 11.5. The van der Waals surface area contributed by atoms with Gasteiger partial charge in [0.05, 0.1) is 38.0 Å². The number of benzene rings is 2. The molecule has 43 heavy (non-hydrogen) atoms. The van der Waals surface area contributed by atoms with Gasteiger partial charge in [-0.3, -0.25) is 0 Å². The second-order valence-electron chi connectivity index (χ2n) is 11.9. The number of piperazine rings is 1. The van der Waals surface area contributed by atoms with E-state index in [0.29, 0.717) is 49.3 Å². The maximum Gasteiger partial charge on any atom is 0.323 e. The van der Waals surface area contributed by atoms with E-state index in [0.717, 1.165) is 56.9 Å². The zero-order valence-electron chi connectivity index (χ0n) is 24.8. The lowest BCUT2D eigenvalue weighted by Gasteiger charge is -2.34. The van der Waals surface area contributed by atoms with Crippen molar-refractivity contribution < 1.29 is 14.3 Å². The van der Waals surface area contributed by atoms with E-state index in [-0.39, 0.29) is 18.2 Å². The van der Waals surface area contributed by atoms with Crippen molar-refractivity contribution in [3.8, 4) is 11.4 Å². The molecule has 5 heterocycles. The van der Waals surface area contributed by atoms with Gasteiger partial charge in [-0.2, -0.15) is 15.0 Å². The van der Waals surface area contributed by atoms with Crippen LogP contribution in [0.15, 0.2) is 48.5 Å². The molecule has 2 N–H and O–H groups in total. The van der Waals surface area contributed by atoms with Crippen molar-refractivity contribution in [1.29, 1.82) is 0 Å². The summed E-state index contributed by atoms with van der Waals surface area (Å²) in [7, 11) is 2.15. The second-order valence-corrected chi connectivity index (χ2v) is 11.9. The standard InChI is InChI=1S/C31H39N9O3/c1-21-19-42-16-15-39(21)29-34-28(35-30(36-29)40-18-27-17-26(40)20-43-27)22-3-5-23(6-4-22)32-31(41)33-24-7-9-25(10-8-24)38-13-11-37(2)12-14-38/h3-10,21,26-27H,11-20H2,1-2H3,(H2,32,33,41)/t21-,26+,27+/m1/s1. The van der Waals surface area contributed by atoms with Crippen molar-refractivity contribution in [3.63, 3.8) is 0 Å². The molecule has 0 saturated carbocycles. The number of urea groups is 1. The lowest BCUT2D eigenvalue weighted by molar-refractivity contribution is 0.0974. The number of fused-ring (bicyclic) bond motifs is 2. The Morgan fingerprint density at radius 2 is 1.51 bits per heavy atom. The van der Waals surface area contributed by atoms with Crippen LogP contribution in [-0.2, 0) is 9.47 Å². The highest BCUT2D eigenvalue weighted by Gasteiger charge is 2.41. The van der Waals surface area contributed by atoms with Crippen LogP contribution in [0.25, 0.3) is 11.4 Å². The van der Waals surface area contributed by atoms with Gasteiger partial charge in [-0.25, -0.2) is 4.79 Å². The minimum atomic E-state index is -0.294. The van der Waals surface area contributed by atoms with Gasteiger partial charge in [0.1, 0.15) is 0 Å². The summed E-state index contributed by atoms with van der Waals surface area (Å²) in [4.78, 5) is 36.6. The van der Waals surface area contributed by atoms with Crippen molar-refractivity contribution in [2.45, 2.75) is 31.5 Å². The molecule has 2 aromatic carbocycles. The molecule has 4 fully saturated rings. The Morgan fingerprint density at radius 1 is 0.837 bits per heavy atom. The molecule has 0 radical (unpaired) electrons. The normalized spacial score (nSPS) is 24.0. The summed E-state index contributed by atoms with van der Waals surface area (Å²) in [6.45, 7) is 9.77. The fraction of sp³-hybridized carbons (Fsp3) is 0.484. The average Bonchev–Trinajstić information content (AvgIpc) is 3.67. The van der Waals surface area contributed by atoms with E-state index in [1.165, 1.54) is 5.69 Å². The highest BCUT2D eigenvalue weighted by Crippen LogP contribution is 2.33. The van der Waals surface area contributed by atoms with Crippen molar-refractivity contribution in [3.05, 3.63) is 48.5 Å². The first-order valence-corrected chi connectivity index (χ1v) is 15.2. The van der Waals surface area contributed by atoms with E-state index in [1.807, 2.05) is 36.4 Å². The minimum absolute atomic E-state index is 0.170. The third-order valence-corrected chi connectivity index (χ3v) is 8.79. The maximum absolute atomic E-state index is 12.8. The first kappa shape index (κ1) is 27.8. The number of morpholine rings is 2. The van der Waals surface area contributed by atoms with Crippen molar-refractivity contribution in [1.82, 2.24) is 19.9 Å². The molecule has 4 aliphatic heterocycles. The highest BCUT2D eigenvalue weighted by atomic mass is 16.5. The number of aromatic nitrogens is 3. The Balaban J connectivity index is 1.04. The van der Waals surface area contributed by atoms with Gasteiger partial charge in [0, 0.05) is 61.9 Å². The molecule has 226 valence electrons. The number of hydrogen-bond acceptors (Lipinski definition) is 10. The molecule has 2 bridgehead atoms. The predicted molar refractivity (Wildman–Crippen MR) is 167 cm³/mol. The Hall–Kier alpha value is -4.00. The molecule has 7 rings (SSSR count). The minimum Gasteiger partial charge on any atom is -0.377 e. The van der Waals surface area contributed by atoms with Crippen LogP contribution in [0.2, 0.25) is 0 Å². The smallest absolute Gasteiger partial charge is 0.323 e. The Bertz CT molecular complexity index is 1410. The van der Waals surface area contributed by atoms with E-state index in [2.05, 4.69) is 56.3 Å².